The van der Waals surface area contributed by atoms with Gasteiger partial charge in [-0.3, -0.25) is 5.41 Å². The van der Waals surface area contributed by atoms with Gasteiger partial charge in [-0.25, -0.2) is 0 Å². The Kier molecular flexibility index (Phi) is 7.09. The smallest absolute Gasteiger partial charge is 0.0712 e. The lowest BCUT2D eigenvalue weighted by Gasteiger charge is -2.26. The largest absolute Gasteiger partial charge is 0.354 e. The molecule has 7 rings (SSSR count). The molecule has 0 spiro atoms. The molecule has 1 aliphatic rings. The van der Waals surface area contributed by atoms with Crippen LogP contribution >= 0.6 is 0 Å². The van der Waals surface area contributed by atoms with Gasteiger partial charge in [-0.05, 0) is 63.2 Å². The van der Waals surface area contributed by atoms with E-state index in [2.05, 4.69) is 139 Å². The van der Waals surface area contributed by atoms with Crippen LogP contribution in [0.2, 0.25) is 0 Å². The summed E-state index contributed by atoms with van der Waals surface area (Å²) in [6.45, 7) is 0. The van der Waals surface area contributed by atoms with Gasteiger partial charge in [0.25, 0.3) is 0 Å². The average Bonchev–Trinajstić information content (AvgIpc) is 3.09. The van der Waals surface area contributed by atoms with E-state index in [-0.39, 0.29) is 0 Å². The number of allylic oxidation sites excluding steroid dienone is 1. The summed E-state index contributed by atoms with van der Waals surface area (Å²) in [5.74, 6) is 0. The van der Waals surface area contributed by atoms with E-state index >= 15 is 0 Å². The van der Waals surface area contributed by atoms with E-state index in [1.807, 2.05) is 36.4 Å². The molecular formula is C41H30N2. The quantitative estimate of drug-likeness (QED) is 0.199. The Bertz CT molecular complexity index is 1910. The Morgan fingerprint density at radius 2 is 0.930 bits per heavy atom. The second-order valence-electron chi connectivity index (χ2n) is 10.7. The number of rotatable bonds is 6. The second-order valence-corrected chi connectivity index (χ2v) is 10.7. The zero-order chi connectivity index (χ0) is 29.0. The van der Waals surface area contributed by atoms with Crippen LogP contribution in [-0.4, -0.2) is 5.71 Å². The van der Waals surface area contributed by atoms with Crippen molar-refractivity contribution in [3.05, 3.63) is 192 Å². The van der Waals surface area contributed by atoms with Gasteiger partial charge in [0.05, 0.1) is 11.4 Å². The van der Waals surface area contributed by atoms with Gasteiger partial charge in [0.15, 0.2) is 0 Å². The maximum absolute atomic E-state index is 9.87. The molecule has 43 heavy (non-hydrogen) atoms. The van der Waals surface area contributed by atoms with E-state index < -0.39 is 0 Å². The number of hydrogen-bond acceptors (Lipinski definition) is 2. The lowest BCUT2D eigenvalue weighted by molar-refractivity contribution is 1.22. The minimum Gasteiger partial charge on any atom is -0.354 e. The van der Waals surface area contributed by atoms with Gasteiger partial charge in [0.1, 0.15) is 0 Å². The van der Waals surface area contributed by atoms with E-state index in [0.29, 0.717) is 5.71 Å². The number of hydrogen-bond donors (Lipinski definition) is 2. The van der Waals surface area contributed by atoms with Crippen LogP contribution in [0.3, 0.4) is 0 Å². The van der Waals surface area contributed by atoms with Crippen LogP contribution in [0.15, 0.2) is 164 Å². The standard InChI is InChI=1S/C41H30N2/c42-40(36-26-34(29-15-5-1-6-16-29)25-35(27-36)30-17-7-2-8-18-30)39(32-21-11-4-12-22-32)41-37-24-14-13-23-33(37)28-38(43-41)31-19-9-3-10-20-31/h1-28,42-43H/b41-39-,42-40?. The van der Waals surface area contributed by atoms with Crippen molar-refractivity contribution in [1.29, 1.82) is 5.41 Å². The van der Waals surface area contributed by atoms with Crippen LogP contribution in [0.1, 0.15) is 27.8 Å². The van der Waals surface area contributed by atoms with Crippen LogP contribution in [-0.2, 0) is 0 Å². The fraction of sp³-hybridized carbons (Fsp3) is 0. The monoisotopic (exact) mass is 550 g/mol. The van der Waals surface area contributed by atoms with Crippen molar-refractivity contribution in [1.82, 2.24) is 5.32 Å². The molecule has 2 N–H and O–H groups in total. The Hall–Kier alpha value is -5.73. The van der Waals surface area contributed by atoms with Crippen LogP contribution in [0.4, 0.5) is 0 Å². The molecule has 6 aromatic carbocycles. The summed E-state index contributed by atoms with van der Waals surface area (Å²) in [5.41, 5.74) is 12.8. The molecule has 1 heterocycles. The first kappa shape index (κ1) is 26.2. The molecule has 204 valence electrons. The second kappa shape index (κ2) is 11.6. The first-order chi connectivity index (χ1) is 21.2. The topological polar surface area (TPSA) is 35.9 Å². The Balaban J connectivity index is 1.46. The predicted molar refractivity (Wildman–Crippen MR) is 181 cm³/mol. The third-order valence-electron chi connectivity index (χ3n) is 7.87. The minimum atomic E-state index is 0.466. The van der Waals surface area contributed by atoms with Crippen molar-refractivity contribution in [3.63, 3.8) is 0 Å². The highest BCUT2D eigenvalue weighted by atomic mass is 14.9. The number of fused-ring (bicyclic) bond motifs is 1. The molecule has 0 unspecified atom stereocenters. The normalized spacial score (nSPS) is 13.3. The van der Waals surface area contributed by atoms with Gasteiger partial charge in [-0.2, -0.15) is 0 Å². The van der Waals surface area contributed by atoms with Crippen LogP contribution in [0.5, 0.6) is 0 Å². The molecule has 0 saturated heterocycles. The highest BCUT2D eigenvalue weighted by Crippen LogP contribution is 2.37. The fourth-order valence-electron chi connectivity index (χ4n) is 5.74. The summed E-state index contributed by atoms with van der Waals surface area (Å²) < 4.78 is 0. The molecule has 0 aromatic heterocycles. The third kappa shape index (κ3) is 5.35. The maximum atomic E-state index is 9.87. The van der Waals surface area contributed by atoms with Crippen molar-refractivity contribution in [2.45, 2.75) is 0 Å². The van der Waals surface area contributed by atoms with E-state index in [1.165, 1.54) is 0 Å². The lowest BCUT2D eigenvalue weighted by atomic mass is 9.86. The summed E-state index contributed by atoms with van der Waals surface area (Å²) in [4.78, 5) is 0. The van der Waals surface area contributed by atoms with Crippen molar-refractivity contribution in [2.75, 3.05) is 0 Å². The van der Waals surface area contributed by atoms with Crippen molar-refractivity contribution >= 4 is 28.8 Å². The van der Waals surface area contributed by atoms with Crippen molar-refractivity contribution in [3.8, 4) is 22.3 Å². The van der Waals surface area contributed by atoms with Crippen LogP contribution < -0.4 is 5.32 Å². The van der Waals surface area contributed by atoms with Crippen LogP contribution in [0, 0.1) is 5.41 Å². The van der Waals surface area contributed by atoms with Gasteiger partial charge >= 0.3 is 0 Å². The Labute approximate surface area is 252 Å². The maximum Gasteiger partial charge on any atom is 0.0712 e. The molecule has 0 saturated carbocycles. The zero-order valence-corrected chi connectivity index (χ0v) is 23.7. The van der Waals surface area contributed by atoms with Gasteiger partial charge < -0.3 is 5.32 Å². The SMILES string of the molecule is N=C(/C(=C1\NC(c2ccccc2)=Cc2ccccc21)c1ccccc1)c1cc(-c2ccccc2)cc(-c2ccccc2)c1. The van der Waals surface area contributed by atoms with E-state index in [9.17, 15) is 5.41 Å². The highest BCUT2D eigenvalue weighted by Gasteiger charge is 2.24. The first-order valence-corrected chi connectivity index (χ1v) is 14.5. The number of benzene rings is 6. The van der Waals surface area contributed by atoms with Gasteiger partial charge in [-0.1, -0.05) is 146 Å². The van der Waals surface area contributed by atoms with Gasteiger partial charge in [0, 0.05) is 22.4 Å². The van der Waals surface area contributed by atoms with Crippen molar-refractivity contribution < 1.29 is 0 Å². The molecule has 1 aliphatic heterocycles. The summed E-state index contributed by atoms with van der Waals surface area (Å²) in [6.07, 6.45) is 2.20. The molecule has 0 radical (unpaired) electrons. The van der Waals surface area contributed by atoms with E-state index in [1.54, 1.807) is 0 Å². The lowest BCUT2D eigenvalue weighted by Crippen LogP contribution is -2.20. The fourth-order valence-corrected chi connectivity index (χ4v) is 5.74. The van der Waals surface area contributed by atoms with Crippen molar-refractivity contribution in [2.24, 2.45) is 0 Å². The predicted octanol–water partition coefficient (Wildman–Crippen LogP) is 10.1. The molecule has 0 fully saturated rings. The number of nitrogens with one attached hydrogen (secondary N) is 2. The molecule has 0 aliphatic carbocycles. The van der Waals surface area contributed by atoms with Crippen LogP contribution in [0.25, 0.3) is 45.3 Å². The molecule has 2 heteroatoms. The zero-order valence-electron chi connectivity index (χ0n) is 23.7. The average molecular weight is 551 g/mol. The summed E-state index contributed by atoms with van der Waals surface area (Å²) in [5, 5.41) is 13.6. The van der Waals surface area contributed by atoms with E-state index in [0.717, 1.165) is 67.0 Å². The van der Waals surface area contributed by atoms with Gasteiger partial charge in [-0.15, -0.1) is 0 Å². The van der Waals surface area contributed by atoms with Gasteiger partial charge in [0.2, 0.25) is 0 Å². The highest BCUT2D eigenvalue weighted by molar-refractivity contribution is 6.36. The summed E-state index contributed by atoms with van der Waals surface area (Å²) in [6, 6.07) is 56.5. The minimum absolute atomic E-state index is 0.466. The third-order valence-corrected chi connectivity index (χ3v) is 7.87. The summed E-state index contributed by atoms with van der Waals surface area (Å²) in [7, 11) is 0. The molecule has 0 atom stereocenters. The molecule has 0 bridgehead atoms. The molecule has 6 aromatic rings. The molecule has 0 amide bonds. The molecule has 2 nitrogen and oxygen atoms in total. The summed E-state index contributed by atoms with van der Waals surface area (Å²) >= 11 is 0. The first-order valence-electron chi connectivity index (χ1n) is 14.5. The van der Waals surface area contributed by atoms with E-state index in [4.69, 9.17) is 0 Å². The Morgan fingerprint density at radius 3 is 1.51 bits per heavy atom. The molecular weight excluding hydrogens is 520 g/mol. The Morgan fingerprint density at radius 1 is 0.442 bits per heavy atom.